The van der Waals surface area contributed by atoms with Crippen LogP contribution in [-0.4, -0.2) is 178 Å². The molecule has 0 unspecified atom stereocenters. The molecule has 23 N–H and O–H groups in total. The molecule has 0 aromatic heterocycles. The first-order chi connectivity index (χ1) is 37.3. The van der Waals surface area contributed by atoms with Crippen LogP contribution in [0.5, 0.6) is 0 Å². The molecular weight excluding hydrogens is 1070 g/mol. The van der Waals surface area contributed by atoms with E-state index in [1.807, 2.05) is 0 Å². The number of thioether (sulfide) groups is 1. The number of primary amides is 4. The first-order valence-electron chi connectivity index (χ1n) is 26.0. The van der Waals surface area contributed by atoms with Crippen LogP contribution in [-0.2, 0) is 67.1 Å². The van der Waals surface area contributed by atoms with Gasteiger partial charge in [0.25, 0.3) is 0 Å². The summed E-state index contributed by atoms with van der Waals surface area (Å²) in [5.74, 6) is -14.8. The SMILES string of the molecule is CC[C@H](C)[C@H](NC(=O)[C@H](CCC(N)=O)NC(=O)[C@H](C)NC(=O)[C@H](CC(C)C)NC(=O)[C@@H](NC(=O)[C@H](CCSC)NC(=O)[C@H](CCCCN)NC(=O)[C@@H](N)CC(N)=O)[C@@H](C)O)C(=O)N[C@@H](CCC(N)=O)C(=O)N[C@@H](CC(N)=O)C(=O)O. The van der Waals surface area contributed by atoms with Crippen molar-refractivity contribution < 1.29 is 77.3 Å². The van der Waals surface area contributed by atoms with Crippen LogP contribution in [0.25, 0.3) is 0 Å². The van der Waals surface area contributed by atoms with Gasteiger partial charge in [-0.15, -0.1) is 0 Å². The summed E-state index contributed by atoms with van der Waals surface area (Å²) in [5, 5.41) is 42.0. The molecule has 0 aromatic rings. The van der Waals surface area contributed by atoms with Crippen LogP contribution in [0.3, 0.4) is 0 Å². The second kappa shape index (κ2) is 37.6. The Labute approximate surface area is 468 Å². The molecule has 0 aliphatic carbocycles. The smallest absolute Gasteiger partial charge is 0.326 e. The van der Waals surface area contributed by atoms with Crippen LogP contribution in [0.1, 0.15) is 119 Å². The van der Waals surface area contributed by atoms with Gasteiger partial charge in [-0.05, 0) is 89.2 Å². The Morgan fingerprint density at radius 2 is 0.887 bits per heavy atom. The molecule has 13 amide bonds. The lowest BCUT2D eigenvalue weighted by Crippen LogP contribution is -2.62. The van der Waals surface area contributed by atoms with E-state index in [1.54, 1.807) is 34.0 Å². The molecule has 0 aromatic carbocycles. The molecule has 0 radical (unpaired) electrons. The lowest BCUT2D eigenvalue weighted by Gasteiger charge is -2.29. The summed E-state index contributed by atoms with van der Waals surface area (Å²) in [5.41, 5.74) is 32.3. The van der Waals surface area contributed by atoms with Crippen molar-refractivity contribution in [2.24, 2.45) is 46.2 Å². The fourth-order valence-corrected chi connectivity index (χ4v) is 7.90. The zero-order valence-electron chi connectivity index (χ0n) is 46.4. The highest BCUT2D eigenvalue weighted by Crippen LogP contribution is 2.13. The second-order valence-corrected chi connectivity index (χ2v) is 20.7. The molecule has 0 heterocycles. The Morgan fingerprint density at radius 3 is 1.34 bits per heavy atom. The second-order valence-electron chi connectivity index (χ2n) is 19.7. The minimum Gasteiger partial charge on any atom is -0.480 e. The molecule has 32 heteroatoms. The van der Waals surface area contributed by atoms with Crippen LogP contribution in [0, 0.1) is 11.8 Å². The van der Waals surface area contributed by atoms with Crippen LogP contribution < -0.4 is 82.3 Å². The number of aliphatic carboxylic acids is 1. The summed E-state index contributed by atoms with van der Waals surface area (Å²) in [6.45, 7) is 9.28. The standard InChI is InChI=1S/C48H85N15O16S/c1-8-23(4)37(46(76)59-28(12-14-33(51)65)42(72)61-32(48(78)79)21-36(54)68)62-43(73)29(13-15-34(52)66)56-39(69)24(5)55-45(75)31(19-22(2)3)60-47(77)38(25(6)64)63-44(74)30(16-18-80-7)58-41(71)27(11-9-10-17-49)57-40(70)26(50)20-35(53)67/h22-32,37-38,64H,8-21,49-50H2,1-7H3,(H2,51,65)(H2,52,66)(H2,53,67)(H2,54,68)(H,55,75)(H,56,69)(H,57,70)(H,58,71)(H,59,76)(H,60,77)(H,61,72)(H,62,73)(H,63,74)(H,78,79)/t23-,24-,25+,26-,27-,28-,29-,30-,31-,32-,37-,38-/m0/s1. The molecule has 0 aliphatic rings. The first kappa shape index (κ1) is 72.8. The number of carboxylic acids is 1. The Kier molecular flexibility index (Phi) is 34.3. The third-order valence-corrected chi connectivity index (χ3v) is 12.8. The maximum Gasteiger partial charge on any atom is 0.326 e. The average Bonchev–Trinajstić information content (AvgIpc) is 3.36. The van der Waals surface area contributed by atoms with Crippen molar-refractivity contribution in [3.63, 3.8) is 0 Å². The number of rotatable bonds is 41. The zero-order chi connectivity index (χ0) is 61.6. The van der Waals surface area contributed by atoms with Gasteiger partial charge in [0.2, 0.25) is 76.8 Å². The van der Waals surface area contributed by atoms with Crippen LogP contribution in [0.4, 0.5) is 0 Å². The van der Waals surface area contributed by atoms with Crippen molar-refractivity contribution in [1.29, 1.82) is 0 Å². The summed E-state index contributed by atoms with van der Waals surface area (Å²) in [7, 11) is 0. The summed E-state index contributed by atoms with van der Waals surface area (Å²) in [6.07, 6.45) is -1.92. The quantitative estimate of drug-likeness (QED) is 0.0253. The number of aliphatic hydroxyl groups excluding tert-OH is 1. The number of amides is 13. The fraction of sp³-hybridized carbons (Fsp3) is 0.708. The number of nitrogens with two attached hydrogens (primary N) is 6. The number of nitrogens with one attached hydrogen (secondary N) is 9. The minimum absolute atomic E-state index is 0.00852. The molecule has 80 heavy (non-hydrogen) atoms. The zero-order valence-corrected chi connectivity index (χ0v) is 47.2. The molecule has 0 saturated carbocycles. The average molecular weight is 1160 g/mol. The lowest BCUT2D eigenvalue weighted by molar-refractivity contribution is -0.144. The number of unbranched alkanes of at least 4 members (excludes halogenated alkanes) is 1. The van der Waals surface area contributed by atoms with E-state index in [-0.39, 0.29) is 38.1 Å². The van der Waals surface area contributed by atoms with E-state index in [9.17, 15) is 77.3 Å². The highest BCUT2D eigenvalue weighted by molar-refractivity contribution is 7.98. The number of carbonyl (C=O) groups excluding carboxylic acids is 13. The maximum atomic E-state index is 13.9. The van der Waals surface area contributed by atoms with E-state index < -0.39 is 194 Å². The predicted molar refractivity (Wildman–Crippen MR) is 290 cm³/mol. The highest BCUT2D eigenvalue weighted by atomic mass is 32.2. The van der Waals surface area contributed by atoms with Crippen molar-refractivity contribution in [2.75, 3.05) is 18.6 Å². The van der Waals surface area contributed by atoms with Crippen LogP contribution in [0.2, 0.25) is 0 Å². The Bertz CT molecular complexity index is 2170. The molecule has 0 spiro atoms. The van der Waals surface area contributed by atoms with Gasteiger partial charge in [-0.3, -0.25) is 62.3 Å². The van der Waals surface area contributed by atoms with E-state index >= 15 is 0 Å². The molecule has 0 rings (SSSR count). The number of carbonyl (C=O) groups is 14. The lowest BCUT2D eigenvalue weighted by atomic mass is 9.96. The Balaban J connectivity index is 6.55. The highest BCUT2D eigenvalue weighted by Gasteiger charge is 2.37. The normalized spacial score (nSPS) is 15.6. The summed E-state index contributed by atoms with van der Waals surface area (Å²) in [4.78, 5) is 181. The third-order valence-electron chi connectivity index (χ3n) is 12.2. The first-order valence-corrected chi connectivity index (χ1v) is 27.4. The predicted octanol–water partition coefficient (Wildman–Crippen LogP) is -6.58. The van der Waals surface area contributed by atoms with Gasteiger partial charge in [0, 0.05) is 12.8 Å². The van der Waals surface area contributed by atoms with Gasteiger partial charge < -0.3 is 92.5 Å². The van der Waals surface area contributed by atoms with E-state index in [4.69, 9.17) is 34.4 Å². The minimum atomic E-state index is -1.81. The third kappa shape index (κ3) is 28.6. The molecule has 0 saturated heterocycles. The monoisotopic (exact) mass is 1160 g/mol. The topological polar surface area (TPSA) is 544 Å². The van der Waals surface area contributed by atoms with E-state index in [2.05, 4.69) is 47.9 Å². The van der Waals surface area contributed by atoms with Crippen molar-refractivity contribution in [3.8, 4) is 0 Å². The molecule has 0 aliphatic heterocycles. The van der Waals surface area contributed by atoms with Crippen molar-refractivity contribution in [3.05, 3.63) is 0 Å². The van der Waals surface area contributed by atoms with Crippen LogP contribution >= 0.6 is 11.8 Å². The van der Waals surface area contributed by atoms with E-state index in [0.29, 0.717) is 18.6 Å². The molecule has 0 fully saturated rings. The molecular formula is C48H85N15O16S. The van der Waals surface area contributed by atoms with Gasteiger partial charge in [-0.25, -0.2) is 4.79 Å². The number of aliphatic hydroxyl groups is 1. The van der Waals surface area contributed by atoms with Crippen molar-refractivity contribution in [2.45, 2.75) is 185 Å². The number of carboxylic acid groups (broad SMARTS) is 1. The van der Waals surface area contributed by atoms with E-state index in [0.717, 1.165) is 0 Å². The van der Waals surface area contributed by atoms with Gasteiger partial charge in [0.1, 0.15) is 54.4 Å². The van der Waals surface area contributed by atoms with Crippen molar-refractivity contribution in [1.82, 2.24) is 47.9 Å². The van der Waals surface area contributed by atoms with Crippen molar-refractivity contribution >= 4 is 94.5 Å². The van der Waals surface area contributed by atoms with E-state index in [1.165, 1.54) is 25.6 Å². The number of hydrogen-bond acceptors (Lipinski definition) is 18. The Hall–Kier alpha value is -7.19. The van der Waals surface area contributed by atoms with Gasteiger partial charge in [-0.1, -0.05) is 34.1 Å². The molecule has 31 nitrogen and oxygen atoms in total. The number of hydrogen-bond donors (Lipinski definition) is 17. The van der Waals surface area contributed by atoms with Crippen LogP contribution in [0.15, 0.2) is 0 Å². The van der Waals surface area contributed by atoms with Gasteiger partial charge in [0.05, 0.1) is 25.0 Å². The largest absolute Gasteiger partial charge is 0.480 e. The summed E-state index contributed by atoms with van der Waals surface area (Å²) in [6, 6.07) is -15.1. The van der Waals surface area contributed by atoms with Gasteiger partial charge >= 0.3 is 5.97 Å². The Morgan fingerprint density at radius 1 is 0.475 bits per heavy atom. The molecule has 454 valence electrons. The summed E-state index contributed by atoms with van der Waals surface area (Å²) >= 11 is 1.32. The molecule has 0 bridgehead atoms. The fourth-order valence-electron chi connectivity index (χ4n) is 7.43. The van der Waals surface area contributed by atoms with Gasteiger partial charge in [-0.2, -0.15) is 11.8 Å². The molecule has 12 atom stereocenters. The maximum absolute atomic E-state index is 13.9. The summed E-state index contributed by atoms with van der Waals surface area (Å²) < 4.78 is 0. The van der Waals surface area contributed by atoms with Gasteiger partial charge in [0.15, 0.2) is 0 Å².